The molecular formula is C12H14N4O4. The molecule has 8 heteroatoms. The van der Waals surface area contributed by atoms with Gasteiger partial charge in [-0.05, 0) is 35.3 Å². The van der Waals surface area contributed by atoms with Crippen LogP contribution in [0.4, 0.5) is 5.69 Å². The number of aromatic nitrogens is 2. The predicted octanol–water partition coefficient (Wildman–Crippen LogP) is 1.51. The number of fused-ring (bicyclic) bond motifs is 1. The number of nitro benzene ring substituents is 1. The minimum atomic E-state index is -0.513. The van der Waals surface area contributed by atoms with Crippen LogP contribution in [-0.4, -0.2) is 34.4 Å². The van der Waals surface area contributed by atoms with Gasteiger partial charge in [-0.2, -0.15) is 0 Å². The molecule has 1 aliphatic rings. The summed E-state index contributed by atoms with van der Waals surface area (Å²) in [6.45, 7) is 3.84. The number of nitrogens with one attached hydrogen (secondary N) is 1. The first kappa shape index (κ1) is 12.8. The Kier molecular flexibility index (Phi) is 3.23. The molecule has 0 radical (unpaired) electrons. The predicted molar refractivity (Wildman–Crippen MR) is 69.5 cm³/mol. The van der Waals surface area contributed by atoms with Gasteiger partial charge >= 0.3 is 5.69 Å². The fourth-order valence-corrected chi connectivity index (χ4v) is 2.36. The fourth-order valence-electron chi connectivity index (χ4n) is 2.36. The van der Waals surface area contributed by atoms with Crippen LogP contribution in [0, 0.1) is 16.0 Å². The molecule has 1 fully saturated rings. The minimum absolute atomic E-state index is 0.00473. The Bertz CT molecular complexity index is 641. The van der Waals surface area contributed by atoms with Crippen molar-refractivity contribution < 1.29 is 14.3 Å². The average molecular weight is 278 g/mol. The van der Waals surface area contributed by atoms with E-state index in [0.717, 1.165) is 19.5 Å². The third kappa shape index (κ3) is 2.18. The van der Waals surface area contributed by atoms with E-state index >= 15 is 0 Å². The lowest BCUT2D eigenvalue weighted by molar-refractivity contribution is -0.383. The highest BCUT2D eigenvalue weighted by Gasteiger charge is 2.26. The van der Waals surface area contributed by atoms with Crippen molar-refractivity contribution >= 4 is 16.7 Å². The number of hydrogen-bond donors (Lipinski definition) is 1. The number of hydrogen-bond acceptors (Lipinski definition) is 7. The fraction of sp³-hybridized carbons (Fsp3) is 0.500. The van der Waals surface area contributed by atoms with Crippen LogP contribution in [0.5, 0.6) is 5.75 Å². The molecule has 8 nitrogen and oxygen atoms in total. The molecule has 0 spiro atoms. The van der Waals surface area contributed by atoms with Crippen LogP contribution in [-0.2, 0) is 0 Å². The van der Waals surface area contributed by atoms with Crippen LogP contribution >= 0.6 is 0 Å². The Labute approximate surface area is 114 Å². The maximum Gasteiger partial charge on any atom is 0.301 e. The molecule has 3 rings (SSSR count). The topological polar surface area (TPSA) is 103 Å². The molecule has 1 aliphatic heterocycles. The van der Waals surface area contributed by atoms with Gasteiger partial charge < -0.3 is 10.1 Å². The van der Waals surface area contributed by atoms with Gasteiger partial charge in [0, 0.05) is 12.6 Å². The lowest BCUT2D eigenvalue weighted by Crippen LogP contribution is -2.42. The van der Waals surface area contributed by atoms with E-state index in [1.165, 1.54) is 6.07 Å². The molecule has 2 unspecified atom stereocenters. The van der Waals surface area contributed by atoms with Crippen molar-refractivity contribution in [3.63, 3.8) is 0 Å². The van der Waals surface area contributed by atoms with E-state index in [4.69, 9.17) is 4.74 Å². The smallest absolute Gasteiger partial charge is 0.301 e. The van der Waals surface area contributed by atoms with E-state index in [0.29, 0.717) is 11.7 Å². The van der Waals surface area contributed by atoms with Crippen molar-refractivity contribution in [2.45, 2.75) is 19.4 Å². The first-order valence-corrected chi connectivity index (χ1v) is 6.44. The highest BCUT2D eigenvalue weighted by Crippen LogP contribution is 2.32. The molecule has 2 heterocycles. The third-order valence-corrected chi connectivity index (χ3v) is 3.59. The minimum Gasteiger partial charge on any atom is -0.486 e. The zero-order valence-corrected chi connectivity index (χ0v) is 10.9. The highest BCUT2D eigenvalue weighted by atomic mass is 16.6. The summed E-state index contributed by atoms with van der Waals surface area (Å²) in [5, 5.41) is 21.5. The van der Waals surface area contributed by atoms with E-state index in [-0.39, 0.29) is 22.8 Å². The van der Waals surface area contributed by atoms with E-state index < -0.39 is 4.92 Å². The quantitative estimate of drug-likeness (QED) is 0.670. The molecule has 2 atom stereocenters. The average Bonchev–Trinajstić information content (AvgIpc) is 2.90. The standard InChI is InChI=1S/C12H14N4O4/c1-7-4-5-13-6-10(7)19-9-3-2-8(16(17)18)11-12(9)15-20-14-11/h2-3,7,10,13H,4-6H2,1H3. The van der Waals surface area contributed by atoms with Gasteiger partial charge in [0.1, 0.15) is 6.10 Å². The first-order chi connectivity index (χ1) is 9.66. The lowest BCUT2D eigenvalue weighted by atomic mass is 9.97. The van der Waals surface area contributed by atoms with Crippen molar-refractivity contribution in [1.82, 2.24) is 15.6 Å². The Morgan fingerprint density at radius 2 is 2.25 bits per heavy atom. The van der Waals surface area contributed by atoms with Crippen molar-refractivity contribution in [2.24, 2.45) is 5.92 Å². The Morgan fingerprint density at radius 3 is 3.00 bits per heavy atom. The zero-order valence-electron chi connectivity index (χ0n) is 10.9. The van der Waals surface area contributed by atoms with Crippen LogP contribution in [0.25, 0.3) is 11.0 Å². The molecule has 2 aromatic rings. The number of nitro groups is 1. The van der Waals surface area contributed by atoms with Gasteiger partial charge in [0.25, 0.3) is 0 Å². The highest BCUT2D eigenvalue weighted by molar-refractivity contribution is 5.88. The summed E-state index contributed by atoms with van der Waals surface area (Å²) in [4.78, 5) is 10.4. The van der Waals surface area contributed by atoms with Gasteiger partial charge in [-0.1, -0.05) is 6.92 Å². The van der Waals surface area contributed by atoms with E-state index in [9.17, 15) is 10.1 Å². The maximum atomic E-state index is 10.9. The van der Waals surface area contributed by atoms with Crippen LogP contribution in [0.2, 0.25) is 0 Å². The summed E-state index contributed by atoms with van der Waals surface area (Å²) in [6, 6.07) is 2.91. The van der Waals surface area contributed by atoms with Gasteiger partial charge in [0.05, 0.1) is 4.92 Å². The van der Waals surface area contributed by atoms with Gasteiger partial charge in [0.15, 0.2) is 11.3 Å². The van der Waals surface area contributed by atoms with Crippen LogP contribution in [0.3, 0.4) is 0 Å². The SMILES string of the molecule is CC1CCNCC1Oc1ccc([N+](=O)[O-])c2nonc12. The molecule has 20 heavy (non-hydrogen) atoms. The Balaban J connectivity index is 1.94. The molecule has 0 bridgehead atoms. The summed E-state index contributed by atoms with van der Waals surface area (Å²) in [5.41, 5.74) is 0.268. The van der Waals surface area contributed by atoms with Gasteiger partial charge in [-0.3, -0.25) is 10.1 Å². The van der Waals surface area contributed by atoms with E-state index in [1.54, 1.807) is 6.07 Å². The van der Waals surface area contributed by atoms with Crippen LogP contribution < -0.4 is 10.1 Å². The second-order valence-electron chi connectivity index (χ2n) is 4.93. The van der Waals surface area contributed by atoms with Crippen molar-refractivity contribution in [3.05, 3.63) is 22.2 Å². The third-order valence-electron chi connectivity index (χ3n) is 3.59. The number of piperidine rings is 1. The lowest BCUT2D eigenvalue weighted by Gasteiger charge is -2.29. The summed E-state index contributed by atoms with van der Waals surface area (Å²) in [6.07, 6.45) is 1.03. The molecule has 1 aromatic carbocycles. The Morgan fingerprint density at radius 1 is 1.45 bits per heavy atom. The summed E-state index contributed by atoms with van der Waals surface area (Å²) < 4.78 is 10.5. The number of benzene rings is 1. The molecule has 0 aliphatic carbocycles. The van der Waals surface area contributed by atoms with Crippen LogP contribution in [0.1, 0.15) is 13.3 Å². The maximum absolute atomic E-state index is 10.9. The van der Waals surface area contributed by atoms with E-state index in [1.807, 2.05) is 0 Å². The van der Waals surface area contributed by atoms with Gasteiger partial charge in [-0.25, -0.2) is 4.63 Å². The second kappa shape index (κ2) is 5.04. The zero-order chi connectivity index (χ0) is 14.1. The summed E-state index contributed by atoms with van der Waals surface area (Å²) >= 11 is 0. The Hall–Kier alpha value is -2.22. The molecular weight excluding hydrogens is 264 g/mol. The largest absolute Gasteiger partial charge is 0.486 e. The molecule has 1 saturated heterocycles. The number of rotatable bonds is 3. The number of nitrogens with zero attached hydrogens (tertiary/aromatic N) is 3. The van der Waals surface area contributed by atoms with Gasteiger partial charge in [0.2, 0.25) is 5.52 Å². The van der Waals surface area contributed by atoms with Crippen LogP contribution in [0.15, 0.2) is 16.8 Å². The summed E-state index contributed by atoms with van der Waals surface area (Å²) in [5.74, 6) is 0.869. The van der Waals surface area contributed by atoms with Crippen molar-refractivity contribution in [3.8, 4) is 5.75 Å². The molecule has 1 aromatic heterocycles. The van der Waals surface area contributed by atoms with Gasteiger partial charge in [-0.15, -0.1) is 0 Å². The monoisotopic (exact) mass is 278 g/mol. The molecule has 0 saturated carbocycles. The normalized spacial score (nSPS) is 22.9. The molecule has 0 amide bonds. The van der Waals surface area contributed by atoms with Crippen molar-refractivity contribution in [1.29, 1.82) is 0 Å². The molecule has 1 N–H and O–H groups in total. The molecule has 106 valence electrons. The summed E-state index contributed by atoms with van der Waals surface area (Å²) in [7, 11) is 0. The number of ether oxygens (including phenoxy) is 1. The number of non-ortho nitro benzene ring substituents is 1. The second-order valence-corrected chi connectivity index (χ2v) is 4.93. The van der Waals surface area contributed by atoms with E-state index in [2.05, 4.69) is 27.2 Å². The van der Waals surface area contributed by atoms with Crippen molar-refractivity contribution in [2.75, 3.05) is 13.1 Å². The first-order valence-electron chi connectivity index (χ1n) is 6.44.